The monoisotopic (exact) mass is 1110 g/mol. The number of esters is 4. The molecule has 0 bridgehead atoms. The third-order valence-electron chi connectivity index (χ3n) is 14.6. The summed E-state index contributed by atoms with van der Waals surface area (Å²) in [6, 6.07) is 15.3. The molecule has 0 spiro atoms. The van der Waals surface area contributed by atoms with Crippen LogP contribution in [0, 0.1) is 0 Å². The van der Waals surface area contributed by atoms with Crippen LogP contribution in [0.1, 0.15) is 229 Å². The molecular weight excluding hydrogens is 1010 g/mol. The molecule has 4 N–H and O–H groups in total. The number of carbonyl (C=O) groups excluding carboxylic acids is 4. The molecule has 4 aromatic carbocycles. The molecule has 80 heavy (non-hydrogen) atoms. The highest BCUT2D eigenvalue weighted by molar-refractivity contribution is 5.73. The average molecular weight is 1110 g/mol. The average Bonchev–Trinajstić information content (AvgIpc) is 3.35. The van der Waals surface area contributed by atoms with E-state index in [2.05, 4.69) is 0 Å². The molecule has 0 aliphatic carbocycles. The van der Waals surface area contributed by atoms with Gasteiger partial charge in [-0.15, -0.1) is 0 Å². The van der Waals surface area contributed by atoms with Crippen LogP contribution in [-0.2, 0) is 111 Å². The topological polar surface area (TPSA) is 186 Å². The van der Waals surface area contributed by atoms with Crippen molar-refractivity contribution in [2.45, 2.75) is 247 Å². The molecule has 0 saturated carbocycles. The standard InChI is InChI=1S/C68H98O12/c1-17-21-47-33-43(37-51(61(47)73)65(5,6)7)25-29-57(69)77-41-55(79-59(71)31-27-45-35-49(23-19-3)63(75)53(39-45)67(11,12)13)56(80-60(72)32-28-46-36-50(24-20-4)64(76)54(40-46)68(14,15)16)42-78-58(70)30-26-44-34-48(22-18-2)62(74)52(38-44)66(8,9)10/h33-40,55-56,73-76H,17-32,41-42H2,1-16H3/t55-,56+. The van der Waals surface area contributed by atoms with Crippen molar-refractivity contribution in [2.75, 3.05) is 13.2 Å². The van der Waals surface area contributed by atoms with E-state index in [-0.39, 0.29) is 83.2 Å². The van der Waals surface area contributed by atoms with Gasteiger partial charge in [-0.25, -0.2) is 0 Å². The van der Waals surface area contributed by atoms with Gasteiger partial charge in [0, 0.05) is 25.7 Å². The Morgan fingerprint density at radius 3 is 0.762 bits per heavy atom. The summed E-state index contributed by atoms with van der Waals surface area (Å²) in [6.07, 6.45) is 3.88. The first-order chi connectivity index (χ1) is 37.3. The summed E-state index contributed by atoms with van der Waals surface area (Å²) in [5.41, 5.74) is 8.16. The second-order valence-corrected chi connectivity index (χ2v) is 26.0. The lowest BCUT2D eigenvalue weighted by molar-refractivity contribution is -0.182. The zero-order chi connectivity index (χ0) is 59.9. The minimum absolute atomic E-state index is 0.0472. The van der Waals surface area contributed by atoms with E-state index in [0.29, 0.717) is 38.5 Å². The highest BCUT2D eigenvalue weighted by atomic mass is 16.6. The largest absolute Gasteiger partial charge is 0.507 e. The predicted molar refractivity (Wildman–Crippen MR) is 318 cm³/mol. The maximum Gasteiger partial charge on any atom is 0.306 e. The molecule has 0 aliphatic heterocycles. The summed E-state index contributed by atoms with van der Waals surface area (Å²) in [7, 11) is 0. The van der Waals surface area contributed by atoms with Crippen molar-refractivity contribution in [3.63, 3.8) is 0 Å². The Kier molecular flexibility index (Phi) is 24.2. The summed E-state index contributed by atoms with van der Waals surface area (Å²) in [4.78, 5) is 55.9. The maximum atomic E-state index is 14.2. The molecule has 4 rings (SSSR count). The van der Waals surface area contributed by atoms with E-state index in [4.69, 9.17) is 18.9 Å². The minimum Gasteiger partial charge on any atom is -0.507 e. The van der Waals surface area contributed by atoms with E-state index in [1.807, 2.05) is 159 Å². The summed E-state index contributed by atoms with van der Waals surface area (Å²) >= 11 is 0. The molecule has 0 fully saturated rings. The first kappa shape index (κ1) is 66.5. The number of benzene rings is 4. The van der Waals surface area contributed by atoms with Crippen molar-refractivity contribution in [3.8, 4) is 23.0 Å². The quantitative estimate of drug-likeness (QED) is 0.0328. The normalized spacial score (nSPS) is 12.9. The summed E-state index contributed by atoms with van der Waals surface area (Å²) in [6.45, 7) is 31.4. The van der Waals surface area contributed by atoms with Crippen LogP contribution in [0.4, 0.5) is 0 Å². The second kappa shape index (κ2) is 29.1. The maximum absolute atomic E-state index is 14.2. The Balaban J connectivity index is 1.71. The van der Waals surface area contributed by atoms with Crippen molar-refractivity contribution in [1.82, 2.24) is 0 Å². The molecule has 0 amide bonds. The van der Waals surface area contributed by atoms with E-state index in [1.54, 1.807) is 0 Å². The van der Waals surface area contributed by atoms with Crippen LogP contribution in [0.3, 0.4) is 0 Å². The van der Waals surface area contributed by atoms with E-state index < -0.39 is 49.3 Å². The van der Waals surface area contributed by atoms with Gasteiger partial charge in [0.2, 0.25) is 0 Å². The van der Waals surface area contributed by atoms with Gasteiger partial charge in [0.15, 0.2) is 12.2 Å². The molecule has 12 heteroatoms. The van der Waals surface area contributed by atoms with Crippen LogP contribution in [-0.4, -0.2) is 69.7 Å². The summed E-state index contributed by atoms with van der Waals surface area (Å²) in [5, 5.41) is 44.8. The van der Waals surface area contributed by atoms with Crippen molar-refractivity contribution in [1.29, 1.82) is 0 Å². The van der Waals surface area contributed by atoms with Crippen LogP contribution < -0.4 is 0 Å². The number of rotatable bonds is 27. The molecule has 0 radical (unpaired) electrons. The van der Waals surface area contributed by atoms with Crippen LogP contribution in [0.2, 0.25) is 0 Å². The molecule has 12 nitrogen and oxygen atoms in total. The van der Waals surface area contributed by atoms with E-state index in [0.717, 1.165) is 92.4 Å². The van der Waals surface area contributed by atoms with Gasteiger partial charge in [0.1, 0.15) is 36.2 Å². The Labute approximate surface area is 479 Å². The Morgan fingerprint density at radius 2 is 0.562 bits per heavy atom. The molecule has 0 unspecified atom stereocenters. The third-order valence-corrected chi connectivity index (χ3v) is 14.6. The predicted octanol–water partition coefficient (Wildman–Crippen LogP) is 14.2. The molecule has 0 saturated heterocycles. The van der Waals surface area contributed by atoms with Gasteiger partial charge in [0.25, 0.3) is 0 Å². The number of aromatic hydroxyl groups is 4. The second-order valence-electron chi connectivity index (χ2n) is 26.0. The molecular formula is C68H98O12. The summed E-state index contributed by atoms with van der Waals surface area (Å²) < 4.78 is 24.1. The fraction of sp³-hybridized carbons (Fsp3) is 0.588. The molecule has 442 valence electrons. The number of phenolic OH excluding ortho intramolecular Hbond substituents is 4. The number of hydrogen-bond acceptors (Lipinski definition) is 12. The first-order valence-corrected chi connectivity index (χ1v) is 29.4. The highest BCUT2D eigenvalue weighted by Crippen LogP contribution is 2.39. The van der Waals surface area contributed by atoms with Crippen molar-refractivity contribution >= 4 is 23.9 Å². The van der Waals surface area contributed by atoms with Gasteiger partial charge in [-0.05, 0) is 140 Å². The molecule has 0 heterocycles. The third kappa shape index (κ3) is 19.6. The van der Waals surface area contributed by atoms with Gasteiger partial charge >= 0.3 is 23.9 Å². The SMILES string of the molecule is CCCc1cc(CCC(=O)OC[C@H](OC(=O)CCc2cc(CCC)c(O)c(C(C)(C)C)c2)[C@@H](COC(=O)CCc2cc(CCC)c(O)c(C(C)(C)C)c2)OC(=O)CCc2cc(CCC)c(O)c(C(C)(C)C)c2)cc(C(C)(C)C)c1O. The molecule has 0 aromatic heterocycles. The van der Waals surface area contributed by atoms with Gasteiger partial charge in [0.05, 0.1) is 0 Å². The lowest BCUT2D eigenvalue weighted by Crippen LogP contribution is -2.42. The van der Waals surface area contributed by atoms with Gasteiger partial charge in [-0.2, -0.15) is 0 Å². The fourth-order valence-corrected chi connectivity index (χ4v) is 10.1. The van der Waals surface area contributed by atoms with Crippen LogP contribution in [0.25, 0.3) is 0 Å². The molecule has 2 atom stereocenters. The van der Waals surface area contributed by atoms with E-state index in [1.165, 1.54) is 0 Å². The van der Waals surface area contributed by atoms with E-state index >= 15 is 0 Å². The smallest absolute Gasteiger partial charge is 0.306 e. The number of hydrogen-bond donors (Lipinski definition) is 4. The molecule has 0 aliphatic rings. The number of ether oxygens (including phenoxy) is 4. The zero-order valence-electron chi connectivity index (χ0n) is 51.6. The van der Waals surface area contributed by atoms with Crippen LogP contribution in [0.15, 0.2) is 48.5 Å². The van der Waals surface area contributed by atoms with Crippen molar-refractivity contribution in [2.24, 2.45) is 0 Å². The van der Waals surface area contributed by atoms with Crippen molar-refractivity contribution in [3.05, 3.63) is 115 Å². The molecule has 4 aromatic rings. The number of phenols is 4. The Hall–Kier alpha value is -6.04. The lowest BCUT2D eigenvalue weighted by Gasteiger charge is -2.27. The van der Waals surface area contributed by atoms with Gasteiger partial charge < -0.3 is 39.4 Å². The zero-order valence-corrected chi connectivity index (χ0v) is 51.6. The number of carbonyl (C=O) groups is 4. The minimum atomic E-state index is -1.40. The Bertz CT molecular complexity index is 2550. The van der Waals surface area contributed by atoms with Crippen LogP contribution in [0.5, 0.6) is 23.0 Å². The highest BCUT2D eigenvalue weighted by Gasteiger charge is 2.33. The van der Waals surface area contributed by atoms with Crippen molar-refractivity contribution < 1.29 is 58.6 Å². The summed E-state index contributed by atoms with van der Waals surface area (Å²) in [5.74, 6) is -1.55. The lowest BCUT2D eigenvalue weighted by atomic mass is 9.83. The van der Waals surface area contributed by atoms with E-state index in [9.17, 15) is 39.6 Å². The van der Waals surface area contributed by atoms with Gasteiger partial charge in [-0.3, -0.25) is 19.2 Å². The fourth-order valence-electron chi connectivity index (χ4n) is 10.1. The van der Waals surface area contributed by atoms with Crippen LogP contribution >= 0.6 is 0 Å². The first-order valence-electron chi connectivity index (χ1n) is 29.4. The number of aryl methyl sites for hydroxylation is 8. The van der Waals surface area contributed by atoms with Gasteiger partial charge in [-0.1, -0.05) is 185 Å². The Morgan fingerprint density at radius 1 is 0.350 bits per heavy atom.